The average Bonchev–Trinajstić information content (AvgIpc) is 1.00. The van der Waals surface area contributed by atoms with Crippen molar-refractivity contribution in [3.8, 4) is 0 Å². The van der Waals surface area contributed by atoms with E-state index in [0.717, 1.165) is 19.8 Å². The molecule has 0 radical (unpaired) electrons. The fraction of sp³-hybridized carbons (Fsp3) is 0. The molecule has 0 spiro atoms. The van der Waals surface area contributed by atoms with Crippen LogP contribution in [0.25, 0.3) is 0 Å². The van der Waals surface area contributed by atoms with Gasteiger partial charge in [-0.1, -0.05) is 0 Å². The molecule has 1 nitrogen and oxygen atoms in total. The Balaban J connectivity index is -0.00000000500. The first-order valence-electron chi connectivity index (χ1n) is 0.129. The quantitative estimate of drug-likeness (QED) is 0.521. The third kappa shape index (κ3) is 9.21. The standard InChI is InChI=1S/Cr.Mg.O.Pt.2H. The summed E-state index contributed by atoms with van der Waals surface area (Å²) in [5, 5.41) is 0. The molecular formula is H2CrMgOPt. The summed E-state index contributed by atoms with van der Waals surface area (Å²) in [5.74, 6) is 0. The molecule has 0 amide bonds. The Labute approximate surface area is 63.0 Å². The van der Waals surface area contributed by atoms with E-state index in [-0.39, 0.29) is 40.4 Å². The molecule has 0 aromatic rings. The molecule has 0 saturated carbocycles. The van der Waals surface area contributed by atoms with Crippen LogP contribution in [0.5, 0.6) is 0 Å². The van der Waals surface area contributed by atoms with Crippen LogP contribution in [-0.4, -0.2) is 23.1 Å². The summed E-state index contributed by atoms with van der Waals surface area (Å²) in [7, 11) is 0. The van der Waals surface area contributed by atoms with Crippen LogP contribution >= 0.6 is 0 Å². The van der Waals surface area contributed by atoms with Gasteiger partial charge in [0.15, 0.2) is 0 Å². The van der Waals surface area contributed by atoms with Crippen LogP contribution in [0.1, 0.15) is 0 Å². The second-order valence-electron chi connectivity index (χ2n) is 0. The van der Waals surface area contributed by atoms with Gasteiger partial charge in [-0.25, -0.2) is 0 Å². The van der Waals surface area contributed by atoms with Crippen molar-refractivity contribution < 1.29 is 40.5 Å². The molecule has 4 heavy (non-hydrogen) atoms. The van der Waals surface area contributed by atoms with E-state index < -0.39 is 0 Å². The summed E-state index contributed by atoms with van der Waals surface area (Å²) in [6, 6.07) is 0. The number of hydrogen-bond acceptors (Lipinski definition) is 1. The molecule has 0 bridgehead atoms. The fourth-order valence-electron chi connectivity index (χ4n) is 0. The molecule has 0 aromatic carbocycles. The molecule has 0 heterocycles. The molecule has 0 unspecified atom stereocenters. The first kappa shape index (κ1) is 17.1. The van der Waals surface area contributed by atoms with Crippen LogP contribution < -0.4 is 0 Å². The zero-order valence-corrected chi connectivity index (χ0v) is 4.68. The van der Waals surface area contributed by atoms with Crippen LogP contribution in [0.15, 0.2) is 0 Å². The first-order chi connectivity index (χ1) is 1.00. The number of hydrogen-bond donors (Lipinski definition) is 0. The summed E-state index contributed by atoms with van der Waals surface area (Å²) in [5.41, 5.74) is 0. The van der Waals surface area contributed by atoms with Gasteiger partial charge in [0.2, 0.25) is 0 Å². The predicted molar refractivity (Wildman–Crippen MR) is 9.23 cm³/mol. The van der Waals surface area contributed by atoms with Crippen molar-refractivity contribution in [1.29, 1.82) is 0 Å². The molecule has 0 aromatic heterocycles. The summed E-state index contributed by atoms with van der Waals surface area (Å²) >= 11 is 0.889. The predicted octanol–water partition coefficient (Wildman–Crippen LogP) is -1.04. The van der Waals surface area contributed by atoms with Crippen LogP contribution in [0.3, 0.4) is 0 Å². The fourth-order valence-corrected chi connectivity index (χ4v) is 0. The van der Waals surface area contributed by atoms with Crippen LogP contribution in [-0.2, 0) is 40.5 Å². The summed E-state index contributed by atoms with van der Waals surface area (Å²) in [4.78, 5) is 0. The van der Waals surface area contributed by atoms with Crippen molar-refractivity contribution in [2.24, 2.45) is 0 Å². The Morgan fingerprint density at radius 3 is 1.25 bits per heavy atom. The van der Waals surface area contributed by atoms with Gasteiger partial charge in [-0.05, 0) is 0 Å². The van der Waals surface area contributed by atoms with Crippen molar-refractivity contribution in [1.82, 2.24) is 0 Å². The summed E-state index contributed by atoms with van der Waals surface area (Å²) in [6.07, 6.45) is 0. The molecule has 0 N–H and O–H groups in total. The minimum absolute atomic E-state index is 0. The molecule has 0 saturated heterocycles. The molecule has 0 rings (SSSR count). The van der Waals surface area contributed by atoms with Gasteiger partial charge < -0.3 is 0 Å². The van der Waals surface area contributed by atoms with Crippen LogP contribution in [0.2, 0.25) is 0 Å². The molecule has 4 heteroatoms. The van der Waals surface area contributed by atoms with Crippen molar-refractivity contribution in [3.63, 3.8) is 0 Å². The van der Waals surface area contributed by atoms with Crippen molar-refractivity contribution >= 4 is 23.1 Å². The second-order valence-corrected chi connectivity index (χ2v) is 0. The van der Waals surface area contributed by atoms with Gasteiger partial charge >= 0.3 is 46.2 Å². The van der Waals surface area contributed by atoms with E-state index in [1.807, 2.05) is 0 Å². The van der Waals surface area contributed by atoms with Gasteiger partial charge in [-0.15, -0.1) is 0 Å². The Morgan fingerprint density at radius 2 is 1.25 bits per heavy atom. The third-order valence-corrected chi connectivity index (χ3v) is 0. The van der Waals surface area contributed by atoms with E-state index in [1.54, 1.807) is 0 Å². The van der Waals surface area contributed by atoms with E-state index in [0.29, 0.717) is 0 Å². The van der Waals surface area contributed by atoms with Crippen molar-refractivity contribution in [3.05, 3.63) is 0 Å². The van der Waals surface area contributed by atoms with Crippen LogP contribution in [0.4, 0.5) is 0 Å². The third-order valence-electron chi connectivity index (χ3n) is 0. The van der Waals surface area contributed by atoms with E-state index in [1.165, 1.54) is 0 Å². The van der Waals surface area contributed by atoms with E-state index in [9.17, 15) is 0 Å². The van der Waals surface area contributed by atoms with Gasteiger partial charge in [0.25, 0.3) is 0 Å². The molecule has 0 aliphatic rings. The maximum absolute atomic E-state index is 8.22. The van der Waals surface area contributed by atoms with E-state index in [2.05, 4.69) is 0 Å². The zero-order valence-electron chi connectivity index (χ0n) is 1.13. The topological polar surface area (TPSA) is 17.1 Å². The van der Waals surface area contributed by atoms with Gasteiger partial charge in [0.1, 0.15) is 0 Å². The normalized spacial score (nSPS) is 1.50. The SMILES string of the molecule is [Cr].[MgH2].[O]=[Pt]. The molecule has 0 aliphatic carbocycles. The van der Waals surface area contributed by atoms with Crippen molar-refractivity contribution in [2.45, 2.75) is 0 Å². The Morgan fingerprint density at radius 1 is 1.25 bits per heavy atom. The Kier molecular flexibility index (Phi) is 91.8. The van der Waals surface area contributed by atoms with E-state index in [4.69, 9.17) is 3.40 Å². The Hall–Kier alpha value is 1.79. The summed E-state index contributed by atoms with van der Waals surface area (Å²) in [6.45, 7) is 0. The molecule has 0 aliphatic heterocycles. The van der Waals surface area contributed by atoms with Gasteiger partial charge in [0.05, 0.1) is 0 Å². The minimum atomic E-state index is 0. The second kappa shape index (κ2) is 21.5. The molecule has 0 fully saturated rings. The number of rotatable bonds is 0. The average molecular weight is 289 g/mol. The first-order valence-corrected chi connectivity index (χ1v) is 1.06. The Bertz CT molecular complexity index is 8.00. The molecule has 0 atom stereocenters. The van der Waals surface area contributed by atoms with Crippen molar-refractivity contribution in [2.75, 3.05) is 0 Å². The van der Waals surface area contributed by atoms with Crippen LogP contribution in [0, 0.1) is 0 Å². The van der Waals surface area contributed by atoms with Gasteiger partial charge in [-0.2, -0.15) is 0 Å². The molecule has 26 valence electrons. The summed E-state index contributed by atoms with van der Waals surface area (Å²) < 4.78 is 8.22. The molecular weight excluding hydrogens is 287 g/mol. The zero-order chi connectivity index (χ0) is 2.00. The van der Waals surface area contributed by atoms with Gasteiger partial charge in [-0.3, -0.25) is 0 Å². The van der Waals surface area contributed by atoms with E-state index >= 15 is 0 Å². The monoisotopic (exact) mass is 289 g/mol. The maximum atomic E-state index is 8.22. The van der Waals surface area contributed by atoms with Gasteiger partial charge in [0, 0.05) is 17.4 Å².